The fourth-order valence-corrected chi connectivity index (χ4v) is 7.82. The van der Waals surface area contributed by atoms with Gasteiger partial charge in [-0.3, -0.25) is 14.4 Å². The third-order valence-electron chi connectivity index (χ3n) is 12.3. The summed E-state index contributed by atoms with van der Waals surface area (Å²) in [5.41, 5.74) is 0. The first-order chi connectivity index (χ1) is 37.0. The van der Waals surface area contributed by atoms with Crippen LogP contribution in [0.25, 0.3) is 0 Å². The molecule has 0 N–H and O–H groups in total. The van der Waals surface area contributed by atoms with E-state index in [1.807, 2.05) is 0 Å². The molecule has 0 aliphatic rings. The first-order valence-corrected chi connectivity index (χ1v) is 30.3. The van der Waals surface area contributed by atoms with Crippen molar-refractivity contribution in [3.05, 3.63) is 146 Å². The molecule has 422 valence electrons. The van der Waals surface area contributed by atoms with Crippen LogP contribution < -0.4 is 0 Å². The van der Waals surface area contributed by atoms with Gasteiger partial charge in [0.1, 0.15) is 13.2 Å². The minimum Gasteiger partial charge on any atom is -0.462 e. The van der Waals surface area contributed by atoms with E-state index in [1.54, 1.807) is 0 Å². The van der Waals surface area contributed by atoms with Gasteiger partial charge in [-0.2, -0.15) is 0 Å². The summed E-state index contributed by atoms with van der Waals surface area (Å²) in [6, 6.07) is 0. The van der Waals surface area contributed by atoms with Crippen LogP contribution in [-0.2, 0) is 28.6 Å². The molecule has 75 heavy (non-hydrogen) atoms. The van der Waals surface area contributed by atoms with Crippen LogP contribution in [0.15, 0.2) is 146 Å². The van der Waals surface area contributed by atoms with Gasteiger partial charge in [-0.25, -0.2) is 0 Å². The van der Waals surface area contributed by atoms with Gasteiger partial charge in [-0.1, -0.05) is 237 Å². The van der Waals surface area contributed by atoms with Crippen LogP contribution in [0.5, 0.6) is 0 Å². The summed E-state index contributed by atoms with van der Waals surface area (Å²) in [5, 5.41) is 0. The molecule has 0 aromatic rings. The molecule has 0 bridgehead atoms. The van der Waals surface area contributed by atoms with E-state index in [2.05, 4.69) is 167 Å². The summed E-state index contributed by atoms with van der Waals surface area (Å²) in [6.45, 7) is 6.33. The molecular weight excluding hydrogens is 925 g/mol. The van der Waals surface area contributed by atoms with Crippen LogP contribution in [-0.4, -0.2) is 37.2 Å². The maximum Gasteiger partial charge on any atom is 0.306 e. The number of hydrogen-bond donors (Lipinski definition) is 0. The molecule has 0 aromatic carbocycles. The van der Waals surface area contributed by atoms with Gasteiger partial charge in [0, 0.05) is 19.3 Å². The number of carbonyl (C=O) groups is 3. The Morgan fingerprint density at radius 1 is 0.280 bits per heavy atom. The minimum atomic E-state index is -0.815. The lowest BCUT2D eigenvalue weighted by Gasteiger charge is -2.18. The predicted molar refractivity (Wildman–Crippen MR) is 325 cm³/mol. The monoisotopic (exact) mass is 1030 g/mol. The van der Waals surface area contributed by atoms with E-state index in [4.69, 9.17) is 14.2 Å². The van der Waals surface area contributed by atoms with Crippen molar-refractivity contribution in [2.45, 2.75) is 258 Å². The lowest BCUT2D eigenvalue weighted by atomic mass is 10.1. The van der Waals surface area contributed by atoms with E-state index < -0.39 is 6.10 Å². The van der Waals surface area contributed by atoms with Gasteiger partial charge in [-0.05, 0) is 141 Å². The Kier molecular flexibility index (Phi) is 58.0. The van der Waals surface area contributed by atoms with Crippen LogP contribution in [0.2, 0.25) is 0 Å². The Balaban J connectivity index is 4.54. The SMILES string of the molecule is CC/C=C\C/C=C\C/C=C\C/C=C\C/C=C\C/C=C\CCCCC(=O)OCC(COC(=O)CCCCCCCCC/C=C\C/C=C\CCCCC)OC(=O)CCCCCCCC/C=C\C/C=C\C/C=C\C/C=C\CC. The molecule has 0 rings (SSSR count). The topological polar surface area (TPSA) is 78.9 Å². The summed E-state index contributed by atoms with van der Waals surface area (Å²) in [6.07, 6.45) is 88.3. The van der Waals surface area contributed by atoms with Gasteiger partial charge in [0.05, 0.1) is 0 Å². The molecule has 0 amide bonds. The van der Waals surface area contributed by atoms with Crippen molar-refractivity contribution >= 4 is 17.9 Å². The number of ether oxygens (including phenoxy) is 3. The number of hydrogen-bond acceptors (Lipinski definition) is 6. The van der Waals surface area contributed by atoms with Gasteiger partial charge >= 0.3 is 17.9 Å². The lowest BCUT2D eigenvalue weighted by Crippen LogP contribution is -2.30. The maximum absolute atomic E-state index is 12.9. The summed E-state index contributed by atoms with van der Waals surface area (Å²) < 4.78 is 16.9. The number of esters is 3. The van der Waals surface area contributed by atoms with E-state index in [9.17, 15) is 14.4 Å². The number of unbranched alkanes of at least 4 members (excludes halogenated alkanes) is 18. The third-order valence-corrected chi connectivity index (χ3v) is 12.3. The molecule has 0 spiro atoms. The molecule has 0 saturated heterocycles. The Hall–Kier alpha value is -4.71. The molecular formula is C69H110O6. The molecule has 6 nitrogen and oxygen atoms in total. The smallest absolute Gasteiger partial charge is 0.306 e. The average molecular weight is 1040 g/mol. The fourth-order valence-electron chi connectivity index (χ4n) is 7.82. The highest BCUT2D eigenvalue weighted by Gasteiger charge is 2.19. The zero-order chi connectivity index (χ0) is 54.3. The highest BCUT2D eigenvalue weighted by Crippen LogP contribution is 2.14. The van der Waals surface area contributed by atoms with E-state index >= 15 is 0 Å². The van der Waals surface area contributed by atoms with Crippen molar-refractivity contribution in [2.75, 3.05) is 13.2 Å². The average Bonchev–Trinajstić information content (AvgIpc) is 3.41. The van der Waals surface area contributed by atoms with E-state index in [1.165, 1.54) is 64.2 Å². The standard InChI is InChI=1S/C69H110O6/c1-4-7-10-13-16-19-22-25-28-31-33-34-36-38-41-44-47-50-53-56-59-62-68(71)74-65-66(64-73-67(70)61-58-55-52-49-46-43-40-37-30-27-24-21-18-15-12-9-6-3)75-69(72)63-60-57-54-51-48-45-42-39-35-32-29-26-23-20-17-14-11-8-5-2/h7-8,10-11,16-21,25-30,33-35,38-39,41,47,50,66H,4-6,9,12-15,22-24,31-32,36-37,40,42-46,48-49,51-65H2,1-3H3/b10-7-,11-8-,19-16-,20-17-,21-18-,28-25-,29-26-,30-27-,34-33-,39-35-,41-38-,50-47-. The number of allylic oxidation sites excluding steroid dienone is 24. The quantitative estimate of drug-likeness (QED) is 0.0261. The van der Waals surface area contributed by atoms with Crippen molar-refractivity contribution in [1.82, 2.24) is 0 Å². The molecule has 0 saturated carbocycles. The molecule has 0 heterocycles. The van der Waals surface area contributed by atoms with Crippen molar-refractivity contribution < 1.29 is 28.6 Å². The Labute approximate surface area is 461 Å². The molecule has 1 atom stereocenters. The van der Waals surface area contributed by atoms with E-state index in [0.717, 1.165) is 141 Å². The predicted octanol–water partition coefficient (Wildman–Crippen LogP) is 20.8. The van der Waals surface area contributed by atoms with Gasteiger partial charge in [0.15, 0.2) is 6.10 Å². The van der Waals surface area contributed by atoms with Crippen molar-refractivity contribution in [1.29, 1.82) is 0 Å². The molecule has 0 radical (unpaired) electrons. The second kappa shape index (κ2) is 61.8. The van der Waals surface area contributed by atoms with Gasteiger partial charge < -0.3 is 14.2 Å². The minimum absolute atomic E-state index is 0.108. The van der Waals surface area contributed by atoms with E-state index in [-0.39, 0.29) is 31.1 Å². The number of carbonyl (C=O) groups excluding carboxylic acids is 3. The molecule has 0 aromatic heterocycles. The molecule has 0 aliphatic heterocycles. The van der Waals surface area contributed by atoms with Gasteiger partial charge in [0.2, 0.25) is 0 Å². The Morgan fingerprint density at radius 2 is 0.520 bits per heavy atom. The summed E-state index contributed by atoms with van der Waals surface area (Å²) >= 11 is 0. The van der Waals surface area contributed by atoms with Crippen LogP contribution in [0.1, 0.15) is 252 Å². The Bertz CT molecular complexity index is 1660. The largest absolute Gasteiger partial charge is 0.462 e. The van der Waals surface area contributed by atoms with Crippen LogP contribution in [0, 0.1) is 0 Å². The summed E-state index contributed by atoms with van der Waals surface area (Å²) in [7, 11) is 0. The fraction of sp³-hybridized carbons (Fsp3) is 0.609. The summed E-state index contributed by atoms with van der Waals surface area (Å²) in [5.74, 6) is -0.977. The Morgan fingerprint density at radius 3 is 0.840 bits per heavy atom. The van der Waals surface area contributed by atoms with E-state index in [0.29, 0.717) is 25.7 Å². The van der Waals surface area contributed by atoms with Crippen molar-refractivity contribution in [3.8, 4) is 0 Å². The first kappa shape index (κ1) is 70.3. The maximum atomic E-state index is 12.9. The molecule has 0 aliphatic carbocycles. The van der Waals surface area contributed by atoms with Gasteiger partial charge in [-0.15, -0.1) is 0 Å². The zero-order valence-electron chi connectivity index (χ0n) is 48.3. The molecule has 6 heteroatoms. The zero-order valence-corrected chi connectivity index (χ0v) is 48.3. The molecule has 1 unspecified atom stereocenters. The normalized spacial score (nSPS) is 13.2. The van der Waals surface area contributed by atoms with Crippen LogP contribution >= 0.6 is 0 Å². The molecule has 0 fully saturated rings. The summed E-state index contributed by atoms with van der Waals surface area (Å²) in [4.78, 5) is 38.3. The van der Waals surface area contributed by atoms with Crippen molar-refractivity contribution in [3.63, 3.8) is 0 Å². The van der Waals surface area contributed by atoms with Crippen LogP contribution in [0.4, 0.5) is 0 Å². The number of rotatable bonds is 53. The van der Waals surface area contributed by atoms with Crippen LogP contribution in [0.3, 0.4) is 0 Å². The second-order valence-electron chi connectivity index (χ2n) is 19.5. The van der Waals surface area contributed by atoms with Crippen molar-refractivity contribution in [2.24, 2.45) is 0 Å². The highest BCUT2D eigenvalue weighted by molar-refractivity contribution is 5.71. The highest BCUT2D eigenvalue weighted by atomic mass is 16.6. The third kappa shape index (κ3) is 60.0. The lowest BCUT2D eigenvalue weighted by molar-refractivity contribution is -0.167. The first-order valence-electron chi connectivity index (χ1n) is 30.3. The second-order valence-corrected chi connectivity index (χ2v) is 19.5. The van der Waals surface area contributed by atoms with Gasteiger partial charge in [0.25, 0.3) is 0 Å².